The Bertz CT molecular complexity index is 1020. The molecule has 2 aromatic carbocycles. The second-order valence-corrected chi connectivity index (χ2v) is 7.58. The lowest BCUT2D eigenvalue weighted by molar-refractivity contribution is 0.0323. The Morgan fingerprint density at radius 3 is 2.63 bits per heavy atom. The first-order chi connectivity index (χ1) is 13.0. The Labute approximate surface area is 161 Å². The van der Waals surface area contributed by atoms with Crippen LogP contribution in [0.5, 0.6) is 5.75 Å². The van der Waals surface area contributed by atoms with Gasteiger partial charge in [0, 0.05) is 21.6 Å². The van der Waals surface area contributed by atoms with E-state index in [1.54, 1.807) is 25.1 Å². The molecular weight excluding hydrogens is 360 g/mol. The fourth-order valence-electron chi connectivity index (χ4n) is 3.02. The van der Waals surface area contributed by atoms with E-state index in [4.69, 9.17) is 9.47 Å². The van der Waals surface area contributed by atoms with Gasteiger partial charge in [-0.25, -0.2) is 4.79 Å². The third-order valence-corrected chi connectivity index (χ3v) is 5.70. The van der Waals surface area contributed by atoms with Crippen LogP contribution in [-0.4, -0.2) is 17.9 Å². The molecule has 1 aromatic heterocycles. The Hall–Kier alpha value is -2.92. The summed E-state index contributed by atoms with van der Waals surface area (Å²) in [6.07, 6.45) is -0.845. The van der Waals surface area contributed by atoms with Gasteiger partial charge in [0.15, 0.2) is 6.10 Å². The standard InChI is InChI=1S/C22H18O4S/c1-13-7-9-15(10-8-13)20(23)14(2)26-22(24)19-11-16-12-25-18-6-4-3-5-17(18)21(16)27-19/h3-11,14H,12H2,1-2H3. The smallest absolute Gasteiger partial charge is 0.349 e. The van der Waals surface area contributed by atoms with Crippen LogP contribution < -0.4 is 4.74 Å². The number of para-hydroxylation sites is 1. The summed E-state index contributed by atoms with van der Waals surface area (Å²) < 4.78 is 11.2. The summed E-state index contributed by atoms with van der Waals surface area (Å²) in [5.74, 6) is 0.118. The number of benzene rings is 2. The predicted molar refractivity (Wildman–Crippen MR) is 104 cm³/mol. The van der Waals surface area contributed by atoms with Gasteiger partial charge in [-0.05, 0) is 32.0 Å². The number of aryl methyl sites for hydroxylation is 1. The van der Waals surface area contributed by atoms with Crippen LogP contribution in [0.25, 0.3) is 10.4 Å². The SMILES string of the molecule is Cc1ccc(C(=O)C(C)OC(=O)c2cc3c(s2)-c2ccccc2OC3)cc1. The van der Waals surface area contributed by atoms with E-state index in [-0.39, 0.29) is 5.78 Å². The zero-order chi connectivity index (χ0) is 19.0. The van der Waals surface area contributed by atoms with Gasteiger partial charge in [0.2, 0.25) is 5.78 Å². The highest BCUT2D eigenvalue weighted by Gasteiger charge is 2.25. The summed E-state index contributed by atoms with van der Waals surface area (Å²) in [5.41, 5.74) is 3.55. The van der Waals surface area contributed by atoms with E-state index in [0.29, 0.717) is 17.0 Å². The Morgan fingerprint density at radius 2 is 1.85 bits per heavy atom. The van der Waals surface area contributed by atoms with Crippen molar-refractivity contribution in [3.05, 3.63) is 76.2 Å². The molecule has 0 aliphatic carbocycles. The molecule has 27 heavy (non-hydrogen) atoms. The zero-order valence-corrected chi connectivity index (χ0v) is 15.8. The summed E-state index contributed by atoms with van der Waals surface area (Å²) in [6.45, 7) is 3.98. The minimum Gasteiger partial charge on any atom is -0.488 e. The lowest BCUT2D eigenvalue weighted by atomic mass is 10.1. The number of hydrogen-bond acceptors (Lipinski definition) is 5. The summed E-state index contributed by atoms with van der Waals surface area (Å²) in [6, 6.07) is 16.8. The summed E-state index contributed by atoms with van der Waals surface area (Å²) >= 11 is 1.37. The first-order valence-corrected chi connectivity index (χ1v) is 9.51. The number of Topliss-reactive ketones (excluding diaryl/α,β-unsaturated/α-hetero) is 1. The molecule has 2 heterocycles. The van der Waals surface area contributed by atoms with Crippen LogP contribution in [0.2, 0.25) is 0 Å². The number of rotatable bonds is 4. The number of fused-ring (bicyclic) bond motifs is 3. The van der Waals surface area contributed by atoms with E-state index in [2.05, 4.69) is 0 Å². The quantitative estimate of drug-likeness (QED) is 0.471. The largest absolute Gasteiger partial charge is 0.488 e. The topological polar surface area (TPSA) is 52.6 Å². The Balaban J connectivity index is 1.52. The minimum absolute atomic E-state index is 0.210. The fraction of sp³-hybridized carbons (Fsp3) is 0.182. The van der Waals surface area contributed by atoms with Crippen LogP contribution in [0.15, 0.2) is 54.6 Å². The molecule has 3 aromatic rings. The van der Waals surface area contributed by atoms with Crippen LogP contribution in [0.1, 0.15) is 38.1 Å². The van der Waals surface area contributed by atoms with Crippen molar-refractivity contribution in [2.75, 3.05) is 0 Å². The summed E-state index contributed by atoms with van der Waals surface area (Å²) in [5, 5.41) is 0. The molecule has 5 heteroatoms. The van der Waals surface area contributed by atoms with Crippen LogP contribution in [0.4, 0.5) is 0 Å². The van der Waals surface area contributed by atoms with Crippen molar-refractivity contribution in [1.29, 1.82) is 0 Å². The Morgan fingerprint density at radius 1 is 1.11 bits per heavy atom. The average molecular weight is 378 g/mol. The highest BCUT2D eigenvalue weighted by atomic mass is 32.1. The molecule has 1 atom stereocenters. The van der Waals surface area contributed by atoms with Crippen molar-refractivity contribution < 1.29 is 19.1 Å². The van der Waals surface area contributed by atoms with Crippen molar-refractivity contribution in [3.8, 4) is 16.2 Å². The molecule has 1 aliphatic rings. The van der Waals surface area contributed by atoms with Gasteiger partial charge in [-0.3, -0.25) is 4.79 Å². The van der Waals surface area contributed by atoms with E-state index in [0.717, 1.165) is 27.3 Å². The van der Waals surface area contributed by atoms with Crippen molar-refractivity contribution in [3.63, 3.8) is 0 Å². The number of carbonyl (C=O) groups is 2. The first kappa shape index (κ1) is 17.5. The van der Waals surface area contributed by atoms with Gasteiger partial charge in [-0.1, -0.05) is 42.0 Å². The molecule has 1 aliphatic heterocycles. The van der Waals surface area contributed by atoms with E-state index >= 15 is 0 Å². The monoisotopic (exact) mass is 378 g/mol. The number of hydrogen-bond donors (Lipinski definition) is 0. The van der Waals surface area contributed by atoms with Gasteiger partial charge in [0.1, 0.15) is 17.2 Å². The molecule has 0 bridgehead atoms. The number of thiophene rings is 1. The third kappa shape index (κ3) is 3.38. The van der Waals surface area contributed by atoms with Crippen LogP contribution in [-0.2, 0) is 11.3 Å². The molecule has 0 radical (unpaired) electrons. The van der Waals surface area contributed by atoms with Crippen molar-refractivity contribution in [2.24, 2.45) is 0 Å². The molecule has 0 fully saturated rings. The molecule has 0 saturated carbocycles. The highest BCUT2D eigenvalue weighted by molar-refractivity contribution is 7.17. The normalized spacial score (nSPS) is 13.1. The van der Waals surface area contributed by atoms with Gasteiger partial charge in [-0.15, -0.1) is 11.3 Å². The highest BCUT2D eigenvalue weighted by Crippen LogP contribution is 2.42. The third-order valence-electron chi connectivity index (χ3n) is 4.51. The first-order valence-electron chi connectivity index (χ1n) is 8.69. The van der Waals surface area contributed by atoms with E-state index in [1.165, 1.54) is 11.3 Å². The molecule has 4 rings (SSSR count). The number of esters is 1. The summed E-state index contributed by atoms with van der Waals surface area (Å²) in [7, 11) is 0. The molecule has 0 spiro atoms. The Kier molecular flexibility index (Phi) is 4.54. The van der Waals surface area contributed by atoms with Crippen molar-refractivity contribution in [1.82, 2.24) is 0 Å². The number of carbonyl (C=O) groups excluding carboxylic acids is 2. The lowest BCUT2D eigenvalue weighted by Gasteiger charge is -2.16. The van der Waals surface area contributed by atoms with E-state index < -0.39 is 12.1 Å². The molecular formula is C22H18O4S. The van der Waals surface area contributed by atoms with Crippen molar-refractivity contribution >= 4 is 23.1 Å². The molecule has 1 unspecified atom stereocenters. The molecule has 0 saturated heterocycles. The number of ether oxygens (including phenoxy) is 2. The maximum absolute atomic E-state index is 12.6. The van der Waals surface area contributed by atoms with Crippen LogP contribution in [0.3, 0.4) is 0 Å². The maximum Gasteiger partial charge on any atom is 0.349 e. The fourth-order valence-corrected chi connectivity index (χ4v) is 4.10. The minimum atomic E-state index is -0.845. The van der Waals surface area contributed by atoms with Gasteiger partial charge >= 0.3 is 5.97 Å². The summed E-state index contributed by atoms with van der Waals surface area (Å²) in [4.78, 5) is 26.5. The van der Waals surface area contributed by atoms with Gasteiger partial charge in [-0.2, -0.15) is 0 Å². The molecule has 0 N–H and O–H groups in total. The van der Waals surface area contributed by atoms with Gasteiger partial charge in [0.25, 0.3) is 0 Å². The molecule has 4 nitrogen and oxygen atoms in total. The second kappa shape index (κ2) is 7.00. The van der Waals surface area contributed by atoms with Crippen LogP contribution >= 0.6 is 11.3 Å². The molecule has 0 amide bonds. The van der Waals surface area contributed by atoms with E-state index in [1.807, 2.05) is 43.3 Å². The van der Waals surface area contributed by atoms with Gasteiger partial charge < -0.3 is 9.47 Å². The average Bonchev–Trinajstić information content (AvgIpc) is 3.13. The zero-order valence-electron chi connectivity index (χ0n) is 15.0. The predicted octanol–water partition coefficient (Wildman–Crippen LogP) is 5.04. The second-order valence-electron chi connectivity index (χ2n) is 6.53. The lowest BCUT2D eigenvalue weighted by Crippen LogP contribution is -2.24. The van der Waals surface area contributed by atoms with Crippen molar-refractivity contribution in [2.45, 2.75) is 26.6 Å². The number of ketones is 1. The maximum atomic E-state index is 12.6. The van der Waals surface area contributed by atoms with Crippen LogP contribution in [0, 0.1) is 6.92 Å². The van der Waals surface area contributed by atoms with E-state index in [9.17, 15) is 9.59 Å². The van der Waals surface area contributed by atoms with Gasteiger partial charge in [0.05, 0.1) is 0 Å². The molecule has 136 valence electrons.